The van der Waals surface area contributed by atoms with Gasteiger partial charge in [-0.1, -0.05) is 30.3 Å². The fourth-order valence-electron chi connectivity index (χ4n) is 2.25. The van der Waals surface area contributed by atoms with Crippen LogP contribution in [0.15, 0.2) is 30.3 Å². The fourth-order valence-corrected chi connectivity index (χ4v) is 2.25. The van der Waals surface area contributed by atoms with Gasteiger partial charge >= 0.3 is 5.97 Å². The first-order valence-electron chi connectivity index (χ1n) is 7.53. The fraction of sp³-hybridized carbons (Fsp3) is 0.438. The average molecular weight is 320 g/mol. The smallest absolute Gasteiger partial charge is 0.307 e. The van der Waals surface area contributed by atoms with Gasteiger partial charge in [0.15, 0.2) is 5.96 Å². The van der Waals surface area contributed by atoms with Crippen LogP contribution in [0, 0.1) is 11.3 Å². The van der Waals surface area contributed by atoms with E-state index in [2.05, 4.69) is 5.32 Å². The molecule has 1 aromatic rings. The van der Waals surface area contributed by atoms with Gasteiger partial charge in [-0.05, 0) is 24.8 Å². The molecule has 0 aliphatic rings. The van der Waals surface area contributed by atoms with Gasteiger partial charge in [0.2, 0.25) is 0 Å². The molecule has 0 heterocycles. The van der Waals surface area contributed by atoms with Crippen LogP contribution < -0.4 is 16.8 Å². The highest BCUT2D eigenvalue weighted by Gasteiger charge is 2.24. The summed E-state index contributed by atoms with van der Waals surface area (Å²) in [4.78, 5) is 23.5. The van der Waals surface area contributed by atoms with Crippen molar-refractivity contribution in [3.05, 3.63) is 35.9 Å². The highest BCUT2D eigenvalue weighted by molar-refractivity contribution is 5.87. The summed E-state index contributed by atoms with van der Waals surface area (Å²) >= 11 is 0. The Morgan fingerprint density at radius 1 is 1.26 bits per heavy atom. The first-order chi connectivity index (χ1) is 10.9. The lowest BCUT2D eigenvalue weighted by molar-refractivity contribution is -0.143. The minimum Gasteiger partial charge on any atom is -0.481 e. The van der Waals surface area contributed by atoms with Crippen LogP contribution in [0.1, 0.15) is 24.8 Å². The first-order valence-corrected chi connectivity index (χ1v) is 7.53. The van der Waals surface area contributed by atoms with E-state index in [1.165, 1.54) is 0 Å². The zero-order valence-electron chi connectivity index (χ0n) is 13.0. The zero-order chi connectivity index (χ0) is 17.2. The van der Waals surface area contributed by atoms with E-state index in [-0.39, 0.29) is 18.2 Å². The van der Waals surface area contributed by atoms with Crippen molar-refractivity contribution >= 4 is 17.7 Å². The third-order valence-corrected chi connectivity index (χ3v) is 3.54. The Morgan fingerprint density at radius 3 is 2.48 bits per heavy atom. The Bertz CT molecular complexity index is 533. The molecule has 0 aliphatic heterocycles. The van der Waals surface area contributed by atoms with Crippen LogP contribution in [0.3, 0.4) is 0 Å². The summed E-state index contributed by atoms with van der Waals surface area (Å²) in [5.74, 6) is -2.14. The second-order valence-corrected chi connectivity index (χ2v) is 5.48. The van der Waals surface area contributed by atoms with Crippen molar-refractivity contribution in [1.82, 2.24) is 5.32 Å². The molecule has 0 aromatic heterocycles. The molecule has 7 nitrogen and oxygen atoms in total. The molecule has 0 amide bonds. The Balaban J connectivity index is 2.47. The maximum Gasteiger partial charge on any atom is 0.307 e. The number of nitrogens with two attached hydrogens (primary N) is 2. The van der Waals surface area contributed by atoms with E-state index < -0.39 is 17.9 Å². The van der Waals surface area contributed by atoms with Gasteiger partial charge in [0.1, 0.15) is 5.78 Å². The van der Waals surface area contributed by atoms with Crippen molar-refractivity contribution in [3.63, 3.8) is 0 Å². The van der Waals surface area contributed by atoms with Crippen LogP contribution in [0.5, 0.6) is 0 Å². The number of Topliss-reactive ketones (excluding diaryl/α,β-unsaturated/α-hetero) is 1. The summed E-state index contributed by atoms with van der Waals surface area (Å²) < 4.78 is 0. The third-order valence-electron chi connectivity index (χ3n) is 3.54. The molecule has 23 heavy (non-hydrogen) atoms. The van der Waals surface area contributed by atoms with Crippen LogP contribution >= 0.6 is 0 Å². The van der Waals surface area contributed by atoms with E-state index in [4.69, 9.17) is 16.9 Å². The van der Waals surface area contributed by atoms with Gasteiger partial charge in [0.05, 0.1) is 12.0 Å². The molecule has 0 saturated carbocycles. The standard InChI is InChI=1S/C16H24N4O3/c17-13(7-4-8-20-16(18)19)14(21)10-12(15(22)23)9-11-5-2-1-3-6-11/h1-3,5-6,12-13H,4,7-10,17H2,(H,22,23)(H4,18,19,20). The third kappa shape index (κ3) is 7.42. The molecule has 2 unspecified atom stereocenters. The molecule has 1 rings (SSSR count). The molecular weight excluding hydrogens is 296 g/mol. The van der Waals surface area contributed by atoms with E-state index in [0.29, 0.717) is 25.8 Å². The number of guanidine groups is 1. The van der Waals surface area contributed by atoms with Gasteiger partial charge in [-0.25, -0.2) is 0 Å². The Hall–Kier alpha value is -2.41. The van der Waals surface area contributed by atoms with Gasteiger partial charge in [-0.15, -0.1) is 0 Å². The summed E-state index contributed by atoms with van der Waals surface area (Å²) in [6.07, 6.45) is 1.24. The second kappa shape index (κ2) is 9.58. The molecule has 0 fully saturated rings. The molecule has 1 aromatic carbocycles. The van der Waals surface area contributed by atoms with Crippen LogP contribution in [-0.4, -0.2) is 35.4 Å². The number of carbonyl (C=O) groups excluding carboxylic acids is 1. The number of nitrogens with one attached hydrogen (secondary N) is 2. The Kier molecular flexibility index (Phi) is 7.76. The van der Waals surface area contributed by atoms with E-state index in [1.807, 2.05) is 30.3 Å². The number of carboxylic acid groups (broad SMARTS) is 1. The minimum atomic E-state index is -0.993. The highest BCUT2D eigenvalue weighted by Crippen LogP contribution is 2.15. The summed E-state index contributed by atoms with van der Waals surface area (Å²) in [7, 11) is 0. The lowest BCUT2D eigenvalue weighted by atomic mass is 9.91. The largest absolute Gasteiger partial charge is 0.481 e. The maximum absolute atomic E-state index is 12.1. The highest BCUT2D eigenvalue weighted by atomic mass is 16.4. The predicted octanol–water partition coefficient (Wildman–Crippen LogP) is 0.480. The van der Waals surface area contributed by atoms with Crippen molar-refractivity contribution < 1.29 is 14.7 Å². The van der Waals surface area contributed by atoms with E-state index in [9.17, 15) is 14.7 Å². The number of hydrogen-bond donors (Lipinski definition) is 5. The topological polar surface area (TPSA) is 142 Å². The predicted molar refractivity (Wildman–Crippen MR) is 88.0 cm³/mol. The summed E-state index contributed by atoms with van der Waals surface area (Å²) in [6, 6.07) is 8.52. The second-order valence-electron chi connectivity index (χ2n) is 5.48. The number of benzene rings is 1. The number of carboxylic acids is 1. The van der Waals surface area contributed by atoms with E-state index in [0.717, 1.165) is 5.56 Å². The molecule has 0 spiro atoms. The molecule has 0 radical (unpaired) electrons. The molecule has 7 N–H and O–H groups in total. The molecule has 0 bridgehead atoms. The van der Waals surface area contributed by atoms with E-state index >= 15 is 0 Å². The zero-order valence-corrected chi connectivity index (χ0v) is 13.0. The summed E-state index contributed by atoms with van der Waals surface area (Å²) in [5, 5.41) is 18.9. The van der Waals surface area contributed by atoms with Crippen molar-refractivity contribution in [2.24, 2.45) is 17.4 Å². The molecular formula is C16H24N4O3. The number of hydrogen-bond acceptors (Lipinski definition) is 4. The number of carbonyl (C=O) groups is 2. The maximum atomic E-state index is 12.1. The molecule has 7 heteroatoms. The van der Waals surface area contributed by atoms with E-state index in [1.54, 1.807) is 0 Å². The molecule has 0 saturated heterocycles. The monoisotopic (exact) mass is 320 g/mol. The van der Waals surface area contributed by atoms with Gasteiger partial charge in [0, 0.05) is 13.0 Å². The van der Waals surface area contributed by atoms with Crippen LogP contribution in [0.25, 0.3) is 0 Å². The summed E-state index contributed by atoms with van der Waals surface area (Å²) in [6.45, 7) is 0.461. The van der Waals surface area contributed by atoms with Gasteiger partial charge in [-0.3, -0.25) is 15.0 Å². The van der Waals surface area contributed by atoms with Gasteiger partial charge in [-0.2, -0.15) is 0 Å². The minimum absolute atomic E-state index is 0.0778. The first kappa shape index (κ1) is 18.6. The normalized spacial score (nSPS) is 13.1. The number of ketones is 1. The van der Waals surface area contributed by atoms with Gasteiger partial charge in [0.25, 0.3) is 0 Å². The lowest BCUT2D eigenvalue weighted by Crippen LogP contribution is -2.36. The molecule has 2 atom stereocenters. The van der Waals surface area contributed by atoms with Crippen LogP contribution in [-0.2, 0) is 16.0 Å². The number of rotatable bonds is 10. The van der Waals surface area contributed by atoms with Crippen molar-refractivity contribution in [3.8, 4) is 0 Å². The average Bonchev–Trinajstić information content (AvgIpc) is 2.51. The molecule has 126 valence electrons. The Morgan fingerprint density at radius 2 is 1.91 bits per heavy atom. The van der Waals surface area contributed by atoms with Crippen molar-refractivity contribution in [2.45, 2.75) is 31.7 Å². The van der Waals surface area contributed by atoms with Gasteiger partial charge < -0.3 is 21.9 Å². The van der Waals surface area contributed by atoms with Crippen molar-refractivity contribution in [2.75, 3.05) is 6.54 Å². The van der Waals surface area contributed by atoms with Crippen LogP contribution in [0.2, 0.25) is 0 Å². The lowest BCUT2D eigenvalue weighted by Gasteiger charge is -2.15. The Labute approximate surface area is 135 Å². The van der Waals surface area contributed by atoms with Crippen molar-refractivity contribution in [1.29, 1.82) is 5.41 Å². The quantitative estimate of drug-likeness (QED) is 0.241. The number of aliphatic carboxylic acids is 1. The molecule has 0 aliphatic carbocycles. The summed E-state index contributed by atoms with van der Waals surface area (Å²) in [5.41, 5.74) is 11.9. The van der Waals surface area contributed by atoms with Crippen LogP contribution in [0.4, 0.5) is 0 Å². The SMILES string of the molecule is N=C(N)NCCCC(N)C(=O)CC(Cc1ccccc1)C(=O)O.